The van der Waals surface area contributed by atoms with Gasteiger partial charge in [0.2, 0.25) is 5.91 Å². The van der Waals surface area contributed by atoms with Gasteiger partial charge in [-0.05, 0) is 54.8 Å². The quantitative estimate of drug-likeness (QED) is 0.663. The van der Waals surface area contributed by atoms with E-state index in [-0.39, 0.29) is 6.03 Å². The van der Waals surface area contributed by atoms with E-state index in [0.717, 1.165) is 33.6 Å². The zero-order chi connectivity index (χ0) is 22.1. The summed E-state index contributed by atoms with van der Waals surface area (Å²) in [5.74, 6) is 0.235. The van der Waals surface area contributed by atoms with E-state index < -0.39 is 5.91 Å². The van der Waals surface area contributed by atoms with Crippen LogP contribution in [0, 0.1) is 13.8 Å². The molecule has 1 aliphatic heterocycles. The van der Waals surface area contributed by atoms with Crippen molar-refractivity contribution in [2.45, 2.75) is 13.8 Å². The first-order chi connectivity index (χ1) is 14.8. The van der Waals surface area contributed by atoms with Gasteiger partial charge in [0.15, 0.2) is 0 Å². The molecule has 3 heterocycles. The number of rotatable bonds is 5. The standard InChI is InChI=1S/C23H24N6O2/c1-14-15(2)20(22(24)30)6-5-19(14)16-4-7-21(26-11-16)27-17-10-18(13-25-12-17)29-9-8-28(3)23(29)31/h4-7,10-13H,8-9H2,1-3H3,(H2,24,30)(H,26,27). The molecule has 0 radical (unpaired) electrons. The average molecular weight is 416 g/mol. The number of nitrogens with zero attached hydrogens (tertiary/aromatic N) is 4. The maximum absolute atomic E-state index is 12.2. The fourth-order valence-electron chi connectivity index (χ4n) is 3.71. The zero-order valence-electron chi connectivity index (χ0n) is 17.7. The van der Waals surface area contributed by atoms with Crippen LogP contribution in [0.4, 0.5) is 22.0 Å². The van der Waals surface area contributed by atoms with Gasteiger partial charge in [-0.25, -0.2) is 9.78 Å². The van der Waals surface area contributed by atoms with Crippen LogP contribution in [0.25, 0.3) is 11.1 Å². The number of hydrogen-bond acceptors (Lipinski definition) is 5. The number of hydrogen-bond donors (Lipinski definition) is 2. The molecule has 1 aliphatic rings. The SMILES string of the molecule is Cc1c(C(N)=O)ccc(-c2ccc(Nc3cncc(N4CCN(C)C4=O)c3)nc2)c1C. The van der Waals surface area contributed by atoms with Gasteiger partial charge in [-0.3, -0.25) is 14.7 Å². The molecule has 0 saturated carbocycles. The van der Waals surface area contributed by atoms with E-state index in [1.807, 2.05) is 38.1 Å². The Morgan fingerprint density at radius 3 is 2.52 bits per heavy atom. The molecular formula is C23H24N6O2. The number of benzene rings is 1. The van der Waals surface area contributed by atoms with E-state index in [2.05, 4.69) is 15.3 Å². The lowest BCUT2D eigenvalue weighted by molar-refractivity contribution is 0.0999. The molecule has 31 heavy (non-hydrogen) atoms. The molecule has 1 fully saturated rings. The molecule has 0 aliphatic carbocycles. The highest BCUT2D eigenvalue weighted by Crippen LogP contribution is 2.29. The van der Waals surface area contributed by atoms with E-state index >= 15 is 0 Å². The van der Waals surface area contributed by atoms with E-state index in [0.29, 0.717) is 24.5 Å². The number of carbonyl (C=O) groups is 2. The second kappa shape index (κ2) is 8.06. The number of urea groups is 1. The number of anilines is 3. The highest BCUT2D eigenvalue weighted by Gasteiger charge is 2.26. The van der Waals surface area contributed by atoms with Crippen molar-refractivity contribution in [2.24, 2.45) is 5.73 Å². The Morgan fingerprint density at radius 1 is 1.06 bits per heavy atom. The number of pyridine rings is 2. The number of amides is 3. The van der Waals surface area contributed by atoms with Gasteiger partial charge in [-0.2, -0.15) is 0 Å². The molecule has 1 saturated heterocycles. The fourth-order valence-corrected chi connectivity index (χ4v) is 3.71. The minimum Gasteiger partial charge on any atom is -0.366 e. The number of aromatic nitrogens is 2. The van der Waals surface area contributed by atoms with Crippen LogP contribution in [0.5, 0.6) is 0 Å². The molecule has 2 aromatic heterocycles. The second-order valence-electron chi connectivity index (χ2n) is 7.62. The molecule has 8 nitrogen and oxygen atoms in total. The van der Waals surface area contributed by atoms with Gasteiger partial charge in [0.05, 0.1) is 23.8 Å². The molecule has 0 atom stereocenters. The summed E-state index contributed by atoms with van der Waals surface area (Å²) in [6.45, 7) is 5.20. The molecule has 4 rings (SSSR count). The Hall–Kier alpha value is -3.94. The average Bonchev–Trinajstić information content (AvgIpc) is 3.09. The van der Waals surface area contributed by atoms with Crippen LogP contribution in [0.15, 0.2) is 48.9 Å². The first kappa shape index (κ1) is 20.3. The molecule has 3 amide bonds. The van der Waals surface area contributed by atoms with Gasteiger partial charge in [-0.1, -0.05) is 6.07 Å². The summed E-state index contributed by atoms with van der Waals surface area (Å²) >= 11 is 0. The summed E-state index contributed by atoms with van der Waals surface area (Å²) in [4.78, 5) is 35.9. The predicted molar refractivity (Wildman–Crippen MR) is 121 cm³/mol. The molecule has 3 N–H and O–H groups in total. The fraction of sp³-hybridized carbons (Fsp3) is 0.217. The summed E-state index contributed by atoms with van der Waals surface area (Å²) in [6, 6.07) is 9.35. The molecule has 0 unspecified atom stereocenters. The first-order valence-corrected chi connectivity index (χ1v) is 9.96. The van der Waals surface area contributed by atoms with Crippen molar-refractivity contribution < 1.29 is 9.59 Å². The van der Waals surface area contributed by atoms with Crippen molar-refractivity contribution >= 4 is 29.1 Å². The van der Waals surface area contributed by atoms with Crippen LogP contribution in [0.3, 0.4) is 0 Å². The van der Waals surface area contributed by atoms with Crippen molar-refractivity contribution in [3.05, 3.63) is 65.6 Å². The topological polar surface area (TPSA) is 104 Å². The summed E-state index contributed by atoms with van der Waals surface area (Å²) in [5.41, 5.74) is 11.3. The third-order valence-corrected chi connectivity index (χ3v) is 5.65. The van der Waals surface area contributed by atoms with Crippen LogP contribution in [0.2, 0.25) is 0 Å². The van der Waals surface area contributed by atoms with Gasteiger partial charge in [0, 0.05) is 37.5 Å². The normalized spacial score (nSPS) is 13.6. The lowest BCUT2D eigenvalue weighted by Gasteiger charge is -2.16. The number of primary amides is 1. The van der Waals surface area contributed by atoms with Crippen molar-refractivity contribution in [1.29, 1.82) is 0 Å². The Bertz CT molecular complexity index is 1160. The Kier molecular flexibility index (Phi) is 5.29. The van der Waals surface area contributed by atoms with E-state index in [1.165, 1.54) is 0 Å². The van der Waals surface area contributed by atoms with Gasteiger partial charge < -0.3 is 16.0 Å². The molecule has 1 aromatic carbocycles. The van der Waals surface area contributed by atoms with Gasteiger partial charge in [0.1, 0.15) is 5.82 Å². The lowest BCUT2D eigenvalue weighted by atomic mass is 9.94. The van der Waals surface area contributed by atoms with Gasteiger partial charge >= 0.3 is 6.03 Å². The number of nitrogens with one attached hydrogen (secondary N) is 1. The summed E-state index contributed by atoms with van der Waals surface area (Å²) in [6.07, 6.45) is 5.16. The molecular weight excluding hydrogens is 392 g/mol. The minimum atomic E-state index is -0.428. The van der Waals surface area contributed by atoms with Crippen LogP contribution in [-0.2, 0) is 0 Å². The van der Waals surface area contributed by atoms with Crippen molar-refractivity contribution in [1.82, 2.24) is 14.9 Å². The molecule has 158 valence electrons. The number of carbonyl (C=O) groups excluding carboxylic acids is 2. The van der Waals surface area contributed by atoms with Crippen LogP contribution >= 0.6 is 0 Å². The van der Waals surface area contributed by atoms with E-state index in [4.69, 9.17) is 5.73 Å². The van der Waals surface area contributed by atoms with Crippen molar-refractivity contribution in [2.75, 3.05) is 30.4 Å². The third kappa shape index (κ3) is 3.92. The van der Waals surface area contributed by atoms with Crippen LogP contribution in [-0.4, -0.2) is 46.9 Å². The van der Waals surface area contributed by atoms with E-state index in [9.17, 15) is 9.59 Å². The highest BCUT2D eigenvalue weighted by atomic mass is 16.2. The second-order valence-corrected chi connectivity index (χ2v) is 7.62. The number of likely N-dealkylation sites (N-methyl/N-ethyl adjacent to an activating group) is 1. The third-order valence-electron chi connectivity index (χ3n) is 5.65. The van der Waals surface area contributed by atoms with Crippen molar-refractivity contribution in [3.8, 4) is 11.1 Å². The van der Waals surface area contributed by atoms with Crippen LogP contribution < -0.4 is 16.0 Å². The maximum atomic E-state index is 12.2. The van der Waals surface area contributed by atoms with Gasteiger partial charge in [0.25, 0.3) is 0 Å². The van der Waals surface area contributed by atoms with Crippen molar-refractivity contribution in [3.63, 3.8) is 0 Å². The summed E-state index contributed by atoms with van der Waals surface area (Å²) in [7, 11) is 1.79. The smallest absolute Gasteiger partial charge is 0.324 e. The molecule has 3 aromatic rings. The summed E-state index contributed by atoms with van der Waals surface area (Å²) < 4.78 is 0. The maximum Gasteiger partial charge on any atom is 0.324 e. The predicted octanol–water partition coefficient (Wildman–Crippen LogP) is 3.47. The molecule has 8 heteroatoms. The zero-order valence-corrected chi connectivity index (χ0v) is 17.7. The largest absolute Gasteiger partial charge is 0.366 e. The monoisotopic (exact) mass is 416 g/mol. The number of nitrogens with two attached hydrogens (primary N) is 1. The highest BCUT2D eigenvalue weighted by molar-refractivity contribution is 5.96. The van der Waals surface area contributed by atoms with Crippen LogP contribution in [0.1, 0.15) is 21.5 Å². The Morgan fingerprint density at radius 2 is 1.87 bits per heavy atom. The van der Waals surface area contributed by atoms with Gasteiger partial charge in [-0.15, -0.1) is 0 Å². The summed E-state index contributed by atoms with van der Waals surface area (Å²) in [5, 5.41) is 3.24. The Balaban J connectivity index is 1.54. The minimum absolute atomic E-state index is 0.0329. The molecule has 0 spiro atoms. The first-order valence-electron chi connectivity index (χ1n) is 9.96. The molecule has 0 bridgehead atoms. The van der Waals surface area contributed by atoms with E-state index in [1.54, 1.807) is 41.5 Å². The Labute approximate surface area is 180 Å². The lowest BCUT2D eigenvalue weighted by Crippen LogP contribution is -2.29.